The van der Waals surface area contributed by atoms with Crippen molar-refractivity contribution < 1.29 is 17.9 Å². The summed E-state index contributed by atoms with van der Waals surface area (Å²) in [6.07, 6.45) is 4.80. The summed E-state index contributed by atoms with van der Waals surface area (Å²) in [6, 6.07) is 4.96. The van der Waals surface area contributed by atoms with Gasteiger partial charge in [-0.15, -0.1) is 0 Å². The minimum Gasteiger partial charge on any atom is -0.376 e. The van der Waals surface area contributed by atoms with Crippen LogP contribution in [0.15, 0.2) is 23.1 Å². The fourth-order valence-electron chi connectivity index (χ4n) is 3.52. The summed E-state index contributed by atoms with van der Waals surface area (Å²) in [5, 5.41) is 2.86. The minimum atomic E-state index is -3.67. The van der Waals surface area contributed by atoms with Crippen molar-refractivity contribution in [3.63, 3.8) is 0 Å². The summed E-state index contributed by atoms with van der Waals surface area (Å²) in [4.78, 5) is 14.8. The van der Waals surface area contributed by atoms with E-state index in [0.717, 1.165) is 45.4 Å². The van der Waals surface area contributed by atoms with E-state index in [-0.39, 0.29) is 16.9 Å². The highest BCUT2D eigenvalue weighted by Crippen LogP contribution is 2.29. The van der Waals surface area contributed by atoms with Gasteiger partial charge in [-0.05, 0) is 50.3 Å². The van der Waals surface area contributed by atoms with Crippen LogP contribution in [0.25, 0.3) is 0 Å². The Morgan fingerprint density at radius 1 is 1.26 bits per heavy atom. The molecule has 0 aromatic heterocycles. The van der Waals surface area contributed by atoms with Crippen molar-refractivity contribution in [2.45, 2.75) is 50.0 Å². The SMILES string of the molecule is CCCNS(=O)(=O)c1cc(C(=O)NC[C@@H]2CCCO2)ccc1N1CCCC1. The predicted molar refractivity (Wildman–Crippen MR) is 105 cm³/mol. The number of hydrogen-bond acceptors (Lipinski definition) is 5. The molecule has 2 fully saturated rings. The second-order valence-electron chi connectivity index (χ2n) is 7.12. The van der Waals surface area contributed by atoms with Gasteiger partial charge in [0.1, 0.15) is 4.90 Å². The Labute approximate surface area is 161 Å². The van der Waals surface area contributed by atoms with E-state index in [1.807, 2.05) is 6.92 Å². The first kappa shape index (κ1) is 20.1. The second-order valence-corrected chi connectivity index (χ2v) is 8.85. The van der Waals surface area contributed by atoms with Crippen LogP contribution in [0.1, 0.15) is 49.4 Å². The van der Waals surface area contributed by atoms with E-state index < -0.39 is 10.0 Å². The lowest BCUT2D eigenvalue weighted by Gasteiger charge is -2.22. The fraction of sp³-hybridized carbons (Fsp3) is 0.632. The van der Waals surface area contributed by atoms with E-state index in [2.05, 4.69) is 14.9 Å². The minimum absolute atomic E-state index is 0.0484. The normalized spacial score (nSPS) is 20.2. The van der Waals surface area contributed by atoms with Crippen LogP contribution < -0.4 is 14.9 Å². The molecular weight excluding hydrogens is 366 g/mol. The summed E-state index contributed by atoms with van der Waals surface area (Å²) >= 11 is 0. The molecule has 27 heavy (non-hydrogen) atoms. The van der Waals surface area contributed by atoms with E-state index in [1.54, 1.807) is 12.1 Å². The molecule has 0 spiro atoms. The van der Waals surface area contributed by atoms with E-state index in [0.29, 0.717) is 30.8 Å². The van der Waals surface area contributed by atoms with Crippen LogP contribution in [0.5, 0.6) is 0 Å². The van der Waals surface area contributed by atoms with Crippen molar-refractivity contribution in [1.29, 1.82) is 0 Å². The molecule has 1 aromatic carbocycles. The van der Waals surface area contributed by atoms with Crippen molar-refractivity contribution in [3.8, 4) is 0 Å². The number of nitrogens with one attached hydrogen (secondary N) is 2. The molecule has 1 atom stereocenters. The Morgan fingerprint density at radius 3 is 2.70 bits per heavy atom. The van der Waals surface area contributed by atoms with Crippen LogP contribution in [0.2, 0.25) is 0 Å². The molecule has 0 saturated carbocycles. The highest BCUT2D eigenvalue weighted by Gasteiger charge is 2.25. The van der Waals surface area contributed by atoms with E-state index in [9.17, 15) is 13.2 Å². The molecule has 2 N–H and O–H groups in total. The third kappa shape index (κ3) is 5.00. The molecule has 2 heterocycles. The molecule has 0 radical (unpaired) electrons. The number of rotatable bonds is 8. The maximum atomic E-state index is 12.8. The molecular formula is C19H29N3O4S. The van der Waals surface area contributed by atoms with Crippen LogP contribution in [0, 0.1) is 0 Å². The Bertz CT molecular complexity index is 754. The molecule has 7 nitrogen and oxygen atoms in total. The molecule has 1 aromatic rings. The average molecular weight is 396 g/mol. The van der Waals surface area contributed by atoms with E-state index in [1.165, 1.54) is 6.07 Å². The van der Waals surface area contributed by atoms with Crippen molar-refractivity contribution in [3.05, 3.63) is 23.8 Å². The van der Waals surface area contributed by atoms with Crippen molar-refractivity contribution >= 4 is 21.6 Å². The summed E-state index contributed by atoms with van der Waals surface area (Å²) in [6.45, 7) is 5.14. The third-order valence-electron chi connectivity index (χ3n) is 5.01. The number of nitrogens with zero attached hydrogens (tertiary/aromatic N) is 1. The molecule has 0 bridgehead atoms. The zero-order chi connectivity index (χ0) is 19.3. The largest absolute Gasteiger partial charge is 0.376 e. The smallest absolute Gasteiger partial charge is 0.251 e. The number of amides is 1. The number of carbonyl (C=O) groups excluding carboxylic acids is 1. The Balaban J connectivity index is 1.82. The summed E-state index contributed by atoms with van der Waals surface area (Å²) in [7, 11) is -3.67. The maximum absolute atomic E-state index is 12.8. The standard InChI is InChI=1S/C19H29N3O4S/c1-2-9-21-27(24,25)18-13-15(7-8-17(18)22-10-3-4-11-22)19(23)20-14-16-6-5-12-26-16/h7-8,13,16,21H,2-6,9-12,14H2,1H3,(H,20,23)/t16-/m0/s1. The van der Waals surface area contributed by atoms with Gasteiger partial charge in [-0.2, -0.15) is 0 Å². The highest BCUT2D eigenvalue weighted by atomic mass is 32.2. The number of anilines is 1. The van der Waals surface area contributed by atoms with Gasteiger partial charge < -0.3 is 15.0 Å². The van der Waals surface area contributed by atoms with Crippen LogP contribution in [-0.4, -0.2) is 53.2 Å². The van der Waals surface area contributed by atoms with Crippen LogP contribution in [0.3, 0.4) is 0 Å². The monoisotopic (exact) mass is 395 g/mol. The molecule has 1 amide bonds. The topological polar surface area (TPSA) is 87.7 Å². The molecule has 0 aliphatic carbocycles. The Morgan fingerprint density at radius 2 is 2.04 bits per heavy atom. The van der Waals surface area contributed by atoms with Gasteiger partial charge in [-0.25, -0.2) is 13.1 Å². The van der Waals surface area contributed by atoms with Gasteiger partial charge in [0.2, 0.25) is 10.0 Å². The van der Waals surface area contributed by atoms with E-state index in [4.69, 9.17) is 4.74 Å². The number of carbonyl (C=O) groups is 1. The third-order valence-corrected chi connectivity index (χ3v) is 6.50. The lowest BCUT2D eigenvalue weighted by atomic mass is 10.1. The second kappa shape index (κ2) is 9.03. The van der Waals surface area contributed by atoms with Gasteiger partial charge in [0.05, 0.1) is 11.8 Å². The number of ether oxygens (including phenoxy) is 1. The number of sulfonamides is 1. The van der Waals surface area contributed by atoms with Gasteiger partial charge in [0.15, 0.2) is 0 Å². The molecule has 2 saturated heterocycles. The zero-order valence-electron chi connectivity index (χ0n) is 15.9. The summed E-state index contributed by atoms with van der Waals surface area (Å²) in [5.41, 5.74) is 1.03. The molecule has 0 unspecified atom stereocenters. The Hall–Kier alpha value is -1.64. The predicted octanol–water partition coefficient (Wildman–Crippen LogP) is 1.88. The van der Waals surface area contributed by atoms with Crippen LogP contribution >= 0.6 is 0 Å². The maximum Gasteiger partial charge on any atom is 0.251 e. The number of hydrogen-bond donors (Lipinski definition) is 2. The molecule has 2 aliphatic rings. The first-order valence-corrected chi connectivity index (χ1v) is 11.3. The lowest BCUT2D eigenvalue weighted by Crippen LogP contribution is -2.32. The highest BCUT2D eigenvalue weighted by molar-refractivity contribution is 7.89. The van der Waals surface area contributed by atoms with Crippen LogP contribution in [0.4, 0.5) is 5.69 Å². The van der Waals surface area contributed by atoms with E-state index >= 15 is 0 Å². The van der Waals surface area contributed by atoms with Crippen molar-refractivity contribution in [1.82, 2.24) is 10.0 Å². The fourth-order valence-corrected chi connectivity index (χ4v) is 4.90. The van der Waals surface area contributed by atoms with Crippen molar-refractivity contribution in [2.75, 3.05) is 37.7 Å². The zero-order valence-corrected chi connectivity index (χ0v) is 16.7. The summed E-state index contributed by atoms with van der Waals surface area (Å²) < 4.78 is 33.8. The van der Waals surface area contributed by atoms with Crippen LogP contribution in [-0.2, 0) is 14.8 Å². The van der Waals surface area contributed by atoms with Gasteiger partial charge in [0, 0.05) is 38.3 Å². The van der Waals surface area contributed by atoms with Gasteiger partial charge in [-0.1, -0.05) is 6.92 Å². The van der Waals surface area contributed by atoms with Gasteiger partial charge in [0.25, 0.3) is 5.91 Å². The quantitative estimate of drug-likeness (QED) is 0.702. The van der Waals surface area contributed by atoms with Crippen molar-refractivity contribution in [2.24, 2.45) is 0 Å². The average Bonchev–Trinajstić information content (AvgIpc) is 3.37. The summed E-state index contributed by atoms with van der Waals surface area (Å²) in [5.74, 6) is -0.273. The van der Waals surface area contributed by atoms with Gasteiger partial charge in [-0.3, -0.25) is 4.79 Å². The molecule has 150 valence electrons. The first-order valence-electron chi connectivity index (χ1n) is 9.79. The number of benzene rings is 1. The lowest BCUT2D eigenvalue weighted by molar-refractivity contribution is 0.0857. The molecule has 8 heteroatoms. The van der Waals surface area contributed by atoms with Gasteiger partial charge >= 0.3 is 0 Å². The molecule has 3 rings (SSSR count). The first-order chi connectivity index (χ1) is 13.0. The molecule has 2 aliphatic heterocycles. The Kier molecular flexibility index (Phi) is 6.73.